The molecule has 2 saturated heterocycles. The van der Waals surface area contributed by atoms with E-state index in [0.717, 1.165) is 44.7 Å². The second kappa shape index (κ2) is 7.67. The lowest BCUT2D eigenvalue weighted by molar-refractivity contribution is 0.0590. The fraction of sp³-hybridized carbons (Fsp3) is 0.571. The first-order chi connectivity index (χ1) is 13.9. The zero-order valence-electron chi connectivity index (χ0n) is 17.5. The summed E-state index contributed by atoms with van der Waals surface area (Å²) in [4.78, 5) is 21.8. The number of nitrogens with zero attached hydrogens (tertiary/aromatic N) is 4. The lowest BCUT2D eigenvalue weighted by atomic mass is 9.76. The number of rotatable bonds is 4. The molecule has 2 fully saturated rings. The van der Waals surface area contributed by atoms with Crippen LogP contribution in [0.25, 0.3) is 0 Å². The highest BCUT2D eigenvalue weighted by atomic mass is 16.5. The Bertz CT molecular complexity index is 889. The van der Waals surface area contributed by atoms with Gasteiger partial charge < -0.3 is 18.9 Å². The van der Waals surface area contributed by atoms with Crippen molar-refractivity contribution >= 4 is 5.91 Å². The van der Waals surface area contributed by atoms with Crippen LogP contribution in [0.15, 0.2) is 22.7 Å². The highest BCUT2D eigenvalue weighted by molar-refractivity contribution is 5.97. The van der Waals surface area contributed by atoms with E-state index in [0.29, 0.717) is 23.0 Å². The summed E-state index contributed by atoms with van der Waals surface area (Å²) >= 11 is 0. The first-order valence-electron chi connectivity index (χ1n) is 9.96. The van der Waals surface area contributed by atoms with Crippen LogP contribution in [0.1, 0.15) is 47.4 Å². The Morgan fingerprint density at radius 1 is 1.24 bits per heavy atom. The topological polar surface area (TPSA) is 80.9 Å². The van der Waals surface area contributed by atoms with E-state index in [1.54, 1.807) is 32.4 Å². The quantitative estimate of drug-likeness (QED) is 0.780. The second-order valence-corrected chi connectivity index (χ2v) is 8.17. The average Bonchev–Trinajstić information content (AvgIpc) is 3.30. The van der Waals surface area contributed by atoms with E-state index < -0.39 is 0 Å². The minimum absolute atomic E-state index is 0.0102. The standard InChI is InChI=1S/C21H28N4O4/c1-14-22-19(23-29-14)17-12-21(13-24(17)2)7-9-25(10-8-21)20(26)16-6-5-15(27-3)11-18(16)28-4/h5-6,11,17H,7-10,12-13H2,1-4H3. The lowest BCUT2D eigenvalue weighted by Crippen LogP contribution is -2.44. The highest BCUT2D eigenvalue weighted by Gasteiger charge is 2.46. The Hall–Kier alpha value is -2.61. The molecule has 3 heterocycles. The Labute approximate surface area is 170 Å². The van der Waals surface area contributed by atoms with Crippen molar-refractivity contribution in [3.8, 4) is 11.5 Å². The highest BCUT2D eigenvalue weighted by Crippen LogP contribution is 2.47. The summed E-state index contributed by atoms with van der Waals surface area (Å²) in [6.45, 7) is 4.28. The molecular formula is C21H28N4O4. The van der Waals surface area contributed by atoms with Crippen molar-refractivity contribution in [3.05, 3.63) is 35.5 Å². The first kappa shape index (κ1) is 19.7. The number of likely N-dealkylation sites (tertiary alicyclic amines) is 2. The molecule has 156 valence electrons. The Kier molecular flexibility index (Phi) is 5.21. The number of hydrogen-bond donors (Lipinski definition) is 0. The number of benzene rings is 1. The van der Waals surface area contributed by atoms with Gasteiger partial charge in [0.2, 0.25) is 5.89 Å². The number of carbonyl (C=O) groups is 1. The summed E-state index contributed by atoms with van der Waals surface area (Å²) in [6.07, 6.45) is 2.93. The molecule has 1 aromatic heterocycles. The van der Waals surface area contributed by atoms with Crippen LogP contribution in [-0.2, 0) is 0 Å². The van der Waals surface area contributed by atoms with Crippen LogP contribution in [0.2, 0.25) is 0 Å². The molecule has 8 nitrogen and oxygen atoms in total. The maximum Gasteiger partial charge on any atom is 0.257 e. The molecule has 2 aromatic rings. The molecule has 0 saturated carbocycles. The molecule has 2 aliphatic heterocycles. The zero-order chi connectivity index (χ0) is 20.6. The van der Waals surface area contributed by atoms with Gasteiger partial charge in [0.05, 0.1) is 25.8 Å². The molecule has 4 rings (SSSR count). The predicted octanol–water partition coefficient (Wildman–Crippen LogP) is 2.69. The number of carbonyl (C=O) groups excluding carboxylic acids is 1. The van der Waals surface area contributed by atoms with E-state index in [1.807, 2.05) is 11.8 Å². The van der Waals surface area contributed by atoms with Gasteiger partial charge in [-0.2, -0.15) is 4.98 Å². The molecule has 1 amide bonds. The van der Waals surface area contributed by atoms with Gasteiger partial charge in [0, 0.05) is 32.6 Å². The molecule has 1 unspecified atom stereocenters. The van der Waals surface area contributed by atoms with Gasteiger partial charge in [-0.25, -0.2) is 0 Å². The van der Waals surface area contributed by atoms with Crippen LogP contribution in [0, 0.1) is 12.3 Å². The molecule has 0 N–H and O–H groups in total. The molecule has 0 aliphatic carbocycles. The molecular weight excluding hydrogens is 372 g/mol. The third-order valence-electron chi connectivity index (χ3n) is 6.33. The number of piperidine rings is 1. The van der Waals surface area contributed by atoms with Crippen molar-refractivity contribution in [2.75, 3.05) is 40.9 Å². The van der Waals surface area contributed by atoms with Gasteiger partial charge in [-0.3, -0.25) is 9.69 Å². The second-order valence-electron chi connectivity index (χ2n) is 8.17. The van der Waals surface area contributed by atoms with Crippen molar-refractivity contribution in [1.82, 2.24) is 19.9 Å². The number of hydrogen-bond acceptors (Lipinski definition) is 7. The summed E-state index contributed by atoms with van der Waals surface area (Å²) in [5.41, 5.74) is 0.766. The van der Waals surface area contributed by atoms with Crippen LogP contribution in [0.4, 0.5) is 0 Å². The summed E-state index contributed by atoms with van der Waals surface area (Å²) in [5, 5.41) is 4.13. The summed E-state index contributed by atoms with van der Waals surface area (Å²) in [7, 11) is 5.29. The Morgan fingerprint density at radius 2 is 2.00 bits per heavy atom. The van der Waals surface area contributed by atoms with Crippen molar-refractivity contribution < 1.29 is 18.8 Å². The molecule has 1 atom stereocenters. The molecule has 1 spiro atoms. The van der Waals surface area contributed by atoms with Gasteiger partial charge in [-0.05, 0) is 43.9 Å². The minimum atomic E-state index is 0.0102. The van der Waals surface area contributed by atoms with Crippen LogP contribution >= 0.6 is 0 Å². The summed E-state index contributed by atoms with van der Waals surface area (Å²) in [5.74, 6) is 2.60. The Balaban J connectivity index is 1.44. The fourth-order valence-electron chi connectivity index (χ4n) is 4.70. The SMILES string of the molecule is COc1ccc(C(=O)N2CCC3(CC2)CC(c2noc(C)n2)N(C)C3)c(OC)c1. The van der Waals surface area contributed by atoms with E-state index >= 15 is 0 Å². The van der Waals surface area contributed by atoms with Crippen molar-refractivity contribution in [2.45, 2.75) is 32.2 Å². The molecule has 1 aromatic carbocycles. The smallest absolute Gasteiger partial charge is 0.257 e. The predicted molar refractivity (Wildman–Crippen MR) is 106 cm³/mol. The zero-order valence-corrected chi connectivity index (χ0v) is 17.5. The van der Waals surface area contributed by atoms with E-state index in [1.165, 1.54) is 0 Å². The average molecular weight is 400 g/mol. The summed E-state index contributed by atoms with van der Waals surface area (Å²) in [6, 6.07) is 5.51. The van der Waals surface area contributed by atoms with E-state index in [-0.39, 0.29) is 17.4 Å². The van der Waals surface area contributed by atoms with Gasteiger partial charge in [0.25, 0.3) is 5.91 Å². The Morgan fingerprint density at radius 3 is 2.62 bits per heavy atom. The van der Waals surface area contributed by atoms with E-state index in [9.17, 15) is 4.79 Å². The number of aryl methyl sites for hydroxylation is 1. The van der Waals surface area contributed by atoms with Gasteiger partial charge in [0.15, 0.2) is 5.82 Å². The monoisotopic (exact) mass is 400 g/mol. The van der Waals surface area contributed by atoms with Gasteiger partial charge >= 0.3 is 0 Å². The lowest BCUT2D eigenvalue weighted by Gasteiger charge is -2.39. The van der Waals surface area contributed by atoms with Crippen molar-refractivity contribution in [1.29, 1.82) is 0 Å². The van der Waals surface area contributed by atoms with Crippen molar-refractivity contribution in [3.63, 3.8) is 0 Å². The fourth-order valence-corrected chi connectivity index (χ4v) is 4.70. The third kappa shape index (κ3) is 3.69. The van der Waals surface area contributed by atoms with Gasteiger partial charge in [-0.1, -0.05) is 5.16 Å². The molecule has 0 radical (unpaired) electrons. The van der Waals surface area contributed by atoms with E-state index in [2.05, 4.69) is 22.1 Å². The normalized spacial score (nSPS) is 21.5. The molecule has 29 heavy (non-hydrogen) atoms. The van der Waals surface area contributed by atoms with E-state index in [4.69, 9.17) is 14.0 Å². The van der Waals surface area contributed by atoms with Gasteiger partial charge in [-0.15, -0.1) is 0 Å². The number of ether oxygens (including phenoxy) is 2. The molecule has 0 bridgehead atoms. The summed E-state index contributed by atoms with van der Waals surface area (Å²) < 4.78 is 15.8. The first-order valence-corrected chi connectivity index (χ1v) is 9.96. The van der Waals surface area contributed by atoms with Gasteiger partial charge in [0.1, 0.15) is 11.5 Å². The number of methoxy groups -OCH3 is 2. The maximum absolute atomic E-state index is 13.1. The van der Waals surface area contributed by atoms with Crippen LogP contribution in [0.5, 0.6) is 11.5 Å². The van der Waals surface area contributed by atoms with Crippen LogP contribution < -0.4 is 9.47 Å². The largest absolute Gasteiger partial charge is 0.497 e. The molecule has 2 aliphatic rings. The number of aromatic nitrogens is 2. The third-order valence-corrected chi connectivity index (χ3v) is 6.33. The van der Waals surface area contributed by atoms with Crippen molar-refractivity contribution in [2.24, 2.45) is 5.41 Å². The van der Waals surface area contributed by atoms with Crippen LogP contribution in [0.3, 0.4) is 0 Å². The maximum atomic E-state index is 13.1. The van der Waals surface area contributed by atoms with Crippen LogP contribution in [-0.4, -0.2) is 66.7 Å². The molecule has 8 heteroatoms. The minimum Gasteiger partial charge on any atom is -0.497 e. The number of amides is 1.